The summed E-state index contributed by atoms with van der Waals surface area (Å²) in [6.07, 6.45) is 0. The van der Waals surface area contributed by atoms with Crippen LogP contribution in [0, 0.1) is 12.7 Å². The highest BCUT2D eigenvalue weighted by molar-refractivity contribution is 5.92. The lowest BCUT2D eigenvalue weighted by Crippen LogP contribution is -2.22. The maximum Gasteiger partial charge on any atom is 0.250 e. The van der Waals surface area contributed by atoms with Gasteiger partial charge in [0.25, 0.3) is 0 Å². The van der Waals surface area contributed by atoms with Gasteiger partial charge in [0, 0.05) is 36.1 Å². The largest absolute Gasteiger partial charge is 0.372 e. The molecule has 0 unspecified atom stereocenters. The number of halogens is 1. The number of hydrogen-bond acceptors (Lipinski definition) is 5. The Hall–Kier alpha value is -3.19. The molecular weight excluding hydrogens is 385 g/mol. The number of carbonyl (C=O) groups excluding carboxylic acids is 1. The Bertz CT molecular complexity index is 982. The van der Waals surface area contributed by atoms with E-state index in [9.17, 15) is 9.18 Å². The SMILES string of the molecule is CCN(CC)c1ccc(NC(=O)COCc2cc(-c3ccc(F)cc3)on2)c(C)c1. The van der Waals surface area contributed by atoms with Crippen LogP contribution in [0.15, 0.2) is 53.1 Å². The minimum Gasteiger partial charge on any atom is -0.372 e. The highest BCUT2D eigenvalue weighted by Gasteiger charge is 2.10. The van der Waals surface area contributed by atoms with Crippen LogP contribution in [0.25, 0.3) is 11.3 Å². The lowest BCUT2D eigenvalue weighted by atomic mass is 10.1. The summed E-state index contributed by atoms with van der Waals surface area (Å²) >= 11 is 0. The smallest absolute Gasteiger partial charge is 0.250 e. The summed E-state index contributed by atoms with van der Waals surface area (Å²) in [5.74, 6) is -0.0383. The molecule has 30 heavy (non-hydrogen) atoms. The standard InChI is InChI=1S/C23H26FN3O3/c1-4-27(5-2)20-10-11-21(16(3)12-20)25-23(28)15-29-14-19-13-22(30-26-19)17-6-8-18(24)9-7-17/h6-13H,4-5,14-15H2,1-3H3,(H,25,28). The number of amides is 1. The summed E-state index contributed by atoms with van der Waals surface area (Å²) < 4.78 is 23.7. The third-order valence-corrected chi connectivity index (χ3v) is 4.78. The van der Waals surface area contributed by atoms with Gasteiger partial charge in [-0.3, -0.25) is 4.79 Å². The van der Waals surface area contributed by atoms with Crippen molar-refractivity contribution in [3.63, 3.8) is 0 Å². The molecule has 3 aromatic rings. The minimum absolute atomic E-state index is 0.101. The lowest BCUT2D eigenvalue weighted by Gasteiger charge is -2.22. The van der Waals surface area contributed by atoms with Crippen LogP contribution in [-0.2, 0) is 16.1 Å². The van der Waals surface area contributed by atoms with E-state index in [1.165, 1.54) is 12.1 Å². The van der Waals surface area contributed by atoms with E-state index in [-0.39, 0.29) is 24.9 Å². The van der Waals surface area contributed by atoms with Gasteiger partial charge in [0.05, 0.1) is 6.61 Å². The van der Waals surface area contributed by atoms with Crippen molar-refractivity contribution in [1.82, 2.24) is 5.16 Å². The molecular formula is C23H26FN3O3. The number of benzene rings is 2. The fourth-order valence-electron chi connectivity index (χ4n) is 3.14. The Labute approximate surface area is 175 Å². The summed E-state index contributed by atoms with van der Waals surface area (Å²) in [7, 11) is 0. The third kappa shape index (κ3) is 5.45. The van der Waals surface area contributed by atoms with Crippen LogP contribution in [0.5, 0.6) is 0 Å². The van der Waals surface area contributed by atoms with Crippen molar-refractivity contribution in [2.45, 2.75) is 27.4 Å². The highest BCUT2D eigenvalue weighted by Crippen LogP contribution is 2.23. The number of nitrogens with zero attached hydrogens (tertiary/aromatic N) is 2. The van der Waals surface area contributed by atoms with E-state index in [1.807, 2.05) is 19.1 Å². The van der Waals surface area contributed by atoms with Crippen LogP contribution in [0.4, 0.5) is 15.8 Å². The maximum atomic E-state index is 13.0. The molecule has 1 N–H and O–H groups in total. The molecule has 0 radical (unpaired) electrons. The molecule has 7 heteroatoms. The van der Waals surface area contributed by atoms with E-state index in [4.69, 9.17) is 9.26 Å². The Morgan fingerprint density at radius 1 is 1.13 bits per heavy atom. The molecule has 0 spiro atoms. The molecule has 0 saturated heterocycles. The minimum atomic E-state index is -0.314. The lowest BCUT2D eigenvalue weighted by molar-refractivity contribution is -0.121. The molecule has 0 fully saturated rings. The van der Waals surface area contributed by atoms with E-state index in [2.05, 4.69) is 35.3 Å². The number of aromatic nitrogens is 1. The Morgan fingerprint density at radius 2 is 1.87 bits per heavy atom. The van der Waals surface area contributed by atoms with E-state index in [0.717, 1.165) is 35.6 Å². The van der Waals surface area contributed by atoms with Crippen molar-refractivity contribution in [1.29, 1.82) is 0 Å². The van der Waals surface area contributed by atoms with Crippen molar-refractivity contribution in [3.05, 3.63) is 65.6 Å². The average Bonchev–Trinajstić information content (AvgIpc) is 3.20. The summed E-state index contributed by atoms with van der Waals surface area (Å²) in [5, 5.41) is 6.80. The van der Waals surface area contributed by atoms with Crippen molar-refractivity contribution in [3.8, 4) is 11.3 Å². The Morgan fingerprint density at radius 3 is 2.53 bits per heavy atom. The molecule has 1 aromatic heterocycles. The van der Waals surface area contributed by atoms with E-state index in [1.54, 1.807) is 18.2 Å². The molecule has 0 saturated carbocycles. The van der Waals surface area contributed by atoms with Crippen LogP contribution in [-0.4, -0.2) is 30.8 Å². The van der Waals surface area contributed by atoms with Gasteiger partial charge >= 0.3 is 0 Å². The second kappa shape index (κ2) is 10.0. The maximum absolute atomic E-state index is 13.0. The van der Waals surface area contributed by atoms with Gasteiger partial charge in [-0.1, -0.05) is 5.16 Å². The first-order chi connectivity index (χ1) is 14.5. The third-order valence-electron chi connectivity index (χ3n) is 4.78. The number of nitrogens with one attached hydrogen (secondary N) is 1. The topological polar surface area (TPSA) is 67.6 Å². The van der Waals surface area contributed by atoms with Gasteiger partial charge < -0.3 is 19.5 Å². The van der Waals surface area contributed by atoms with Crippen molar-refractivity contribution >= 4 is 17.3 Å². The molecule has 0 bridgehead atoms. The van der Waals surface area contributed by atoms with Gasteiger partial charge in [-0.25, -0.2) is 4.39 Å². The fraction of sp³-hybridized carbons (Fsp3) is 0.304. The van der Waals surface area contributed by atoms with E-state index in [0.29, 0.717) is 11.5 Å². The summed E-state index contributed by atoms with van der Waals surface area (Å²) in [6.45, 7) is 8.09. The molecule has 2 aromatic carbocycles. The first-order valence-electron chi connectivity index (χ1n) is 9.94. The predicted molar refractivity (Wildman–Crippen MR) is 115 cm³/mol. The van der Waals surface area contributed by atoms with E-state index < -0.39 is 0 Å². The highest BCUT2D eigenvalue weighted by atomic mass is 19.1. The normalized spacial score (nSPS) is 10.8. The zero-order valence-corrected chi connectivity index (χ0v) is 17.4. The Balaban J connectivity index is 1.50. The number of ether oxygens (including phenoxy) is 1. The second-order valence-corrected chi connectivity index (χ2v) is 6.90. The molecule has 6 nitrogen and oxygen atoms in total. The molecule has 0 aliphatic heterocycles. The van der Waals surface area contributed by atoms with Crippen LogP contribution >= 0.6 is 0 Å². The predicted octanol–water partition coefficient (Wildman–Crippen LogP) is 4.79. The first kappa shape index (κ1) is 21.5. The second-order valence-electron chi connectivity index (χ2n) is 6.90. The monoisotopic (exact) mass is 411 g/mol. The van der Waals surface area contributed by atoms with Crippen molar-refractivity contribution in [2.24, 2.45) is 0 Å². The Kier molecular flexibility index (Phi) is 7.19. The summed E-state index contributed by atoms with van der Waals surface area (Å²) in [4.78, 5) is 14.5. The average molecular weight is 411 g/mol. The van der Waals surface area contributed by atoms with Crippen LogP contribution in [0.2, 0.25) is 0 Å². The summed E-state index contributed by atoms with van der Waals surface area (Å²) in [6, 6.07) is 13.6. The van der Waals surface area contributed by atoms with Gasteiger partial charge in [-0.15, -0.1) is 0 Å². The van der Waals surface area contributed by atoms with Crippen molar-refractivity contribution < 1.29 is 18.4 Å². The fourth-order valence-corrected chi connectivity index (χ4v) is 3.14. The van der Waals surface area contributed by atoms with Gasteiger partial charge in [0.2, 0.25) is 5.91 Å². The van der Waals surface area contributed by atoms with Crippen molar-refractivity contribution in [2.75, 3.05) is 29.9 Å². The molecule has 0 aliphatic rings. The number of hydrogen-bond donors (Lipinski definition) is 1. The molecule has 1 heterocycles. The van der Waals surface area contributed by atoms with Crippen LogP contribution in [0.3, 0.4) is 0 Å². The number of anilines is 2. The zero-order valence-electron chi connectivity index (χ0n) is 17.4. The quantitative estimate of drug-likeness (QED) is 0.548. The molecule has 0 atom stereocenters. The molecule has 158 valence electrons. The van der Waals surface area contributed by atoms with Gasteiger partial charge in [-0.2, -0.15) is 0 Å². The zero-order chi connectivity index (χ0) is 21.5. The molecule has 3 rings (SSSR count). The molecule has 0 aliphatic carbocycles. The van der Waals surface area contributed by atoms with Gasteiger partial charge in [-0.05, 0) is 68.8 Å². The van der Waals surface area contributed by atoms with Gasteiger partial charge in [0.1, 0.15) is 18.1 Å². The molecule has 1 amide bonds. The summed E-state index contributed by atoms with van der Waals surface area (Å²) in [5.41, 5.74) is 4.17. The first-order valence-corrected chi connectivity index (χ1v) is 9.94. The number of rotatable bonds is 9. The number of carbonyl (C=O) groups is 1. The number of aryl methyl sites for hydroxylation is 1. The van der Waals surface area contributed by atoms with E-state index >= 15 is 0 Å². The van der Waals surface area contributed by atoms with Crippen LogP contribution < -0.4 is 10.2 Å². The van der Waals surface area contributed by atoms with Crippen LogP contribution in [0.1, 0.15) is 25.1 Å². The van der Waals surface area contributed by atoms with Gasteiger partial charge in [0.15, 0.2) is 5.76 Å².